The first kappa shape index (κ1) is 11.1. The lowest BCUT2D eigenvalue weighted by Gasteiger charge is -2.04. The zero-order valence-corrected chi connectivity index (χ0v) is 9.08. The van der Waals surface area contributed by atoms with Crippen LogP contribution in [0.15, 0.2) is 30.7 Å². The molecule has 0 unspecified atom stereocenters. The minimum Gasteiger partial charge on any atom is -0.381 e. The molecule has 7 heteroatoms. The van der Waals surface area contributed by atoms with Crippen molar-refractivity contribution in [3.05, 3.63) is 36.3 Å². The van der Waals surface area contributed by atoms with Crippen molar-refractivity contribution in [2.75, 3.05) is 5.73 Å². The second-order valence-corrected chi connectivity index (χ2v) is 3.47. The van der Waals surface area contributed by atoms with E-state index in [0.717, 1.165) is 5.56 Å². The third-order valence-electron chi connectivity index (χ3n) is 2.10. The third-order valence-corrected chi connectivity index (χ3v) is 2.10. The van der Waals surface area contributed by atoms with Crippen molar-refractivity contribution in [3.63, 3.8) is 0 Å². The van der Waals surface area contributed by atoms with Gasteiger partial charge in [0.1, 0.15) is 6.54 Å². The number of nitrogen functional groups attached to an aromatic ring is 1. The summed E-state index contributed by atoms with van der Waals surface area (Å²) in [4.78, 5) is 15.4. The van der Waals surface area contributed by atoms with Crippen LogP contribution in [-0.2, 0) is 17.9 Å². The Morgan fingerprint density at radius 2 is 2.18 bits per heavy atom. The van der Waals surface area contributed by atoms with Gasteiger partial charge in [-0.2, -0.15) is 0 Å². The second-order valence-electron chi connectivity index (χ2n) is 3.47. The van der Waals surface area contributed by atoms with E-state index in [4.69, 9.17) is 5.73 Å². The lowest BCUT2D eigenvalue weighted by atomic mass is 10.3. The number of hydrogen-bond acceptors (Lipinski definition) is 5. The van der Waals surface area contributed by atoms with Crippen molar-refractivity contribution in [3.8, 4) is 0 Å². The molecule has 2 aromatic heterocycles. The Morgan fingerprint density at radius 1 is 1.41 bits per heavy atom. The first-order chi connectivity index (χ1) is 8.24. The molecule has 2 aromatic rings. The van der Waals surface area contributed by atoms with Crippen molar-refractivity contribution in [2.24, 2.45) is 0 Å². The molecule has 1 amide bonds. The average Bonchev–Trinajstić information content (AvgIpc) is 2.73. The largest absolute Gasteiger partial charge is 0.381 e. The topological polar surface area (TPSA) is 98.7 Å². The van der Waals surface area contributed by atoms with Crippen molar-refractivity contribution < 1.29 is 4.79 Å². The maximum atomic E-state index is 11.5. The maximum absolute atomic E-state index is 11.5. The number of nitrogens with one attached hydrogen (secondary N) is 1. The van der Waals surface area contributed by atoms with E-state index in [1.165, 1.54) is 10.9 Å². The number of hydrogen-bond donors (Lipinski definition) is 2. The predicted octanol–water partition coefficient (Wildman–Crippen LogP) is -0.428. The monoisotopic (exact) mass is 232 g/mol. The molecular weight excluding hydrogens is 220 g/mol. The van der Waals surface area contributed by atoms with Gasteiger partial charge >= 0.3 is 0 Å². The lowest BCUT2D eigenvalue weighted by molar-refractivity contribution is -0.122. The molecule has 88 valence electrons. The fourth-order valence-corrected chi connectivity index (χ4v) is 1.29. The summed E-state index contributed by atoms with van der Waals surface area (Å²) in [5.74, 6) is 0.152. The minimum absolute atomic E-state index is 0.106. The molecular formula is C10H12N6O. The average molecular weight is 232 g/mol. The van der Waals surface area contributed by atoms with Gasteiger partial charge in [0.15, 0.2) is 5.82 Å². The number of amides is 1. The van der Waals surface area contributed by atoms with Crippen molar-refractivity contribution in [1.29, 1.82) is 0 Å². The SMILES string of the molecule is Nc1cn(CC(=O)NCc2ccncc2)nn1. The fourth-order valence-electron chi connectivity index (χ4n) is 1.29. The van der Waals surface area contributed by atoms with Gasteiger partial charge in [0.05, 0.1) is 6.20 Å². The summed E-state index contributed by atoms with van der Waals surface area (Å²) in [5, 5.41) is 10.0. The highest BCUT2D eigenvalue weighted by Gasteiger charge is 2.04. The van der Waals surface area contributed by atoms with E-state index in [-0.39, 0.29) is 12.5 Å². The summed E-state index contributed by atoms with van der Waals surface area (Å²) in [5.41, 5.74) is 6.38. The molecule has 0 bridgehead atoms. The van der Waals surface area contributed by atoms with Crippen LogP contribution in [0.25, 0.3) is 0 Å². The molecule has 0 aromatic carbocycles. The van der Waals surface area contributed by atoms with E-state index in [2.05, 4.69) is 20.6 Å². The predicted molar refractivity (Wildman–Crippen MR) is 60.5 cm³/mol. The summed E-state index contributed by atoms with van der Waals surface area (Å²) < 4.78 is 1.39. The summed E-state index contributed by atoms with van der Waals surface area (Å²) in [6.07, 6.45) is 4.87. The zero-order valence-electron chi connectivity index (χ0n) is 9.08. The van der Waals surface area contributed by atoms with E-state index in [1.807, 2.05) is 12.1 Å². The van der Waals surface area contributed by atoms with Crippen LogP contribution in [-0.4, -0.2) is 25.9 Å². The molecule has 2 heterocycles. The van der Waals surface area contributed by atoms with Crippen molar-refractivity contribution >= 4 is 11.7 Å². The quantitative estimate of drug-likeness (QED) is 0.745. The normalized spacial score (nSPS) is 10.1. The van der Waals surface area contributed by atoms with Gasteiger partial charge in [-0.05, 0) is 17.7 Å². The van der Waals surface area contributed by atoms with Crippen LogP contribution >= 0.6 is 0 Å². The van der Waals surface area contributed by atoms with Gasteiger partial charge in [0, 0.05) is 18.9 Å². The molecule has 17 heavy (non-hydrogen) atoms. The lowest BCUT2D eigenvalue weighted by Crippen LogP contribution is -2.27. The molecule has 2 rings (SSSR count). The van der Waals surface area contributed by atoms with Gasteiger partial charge in [-0.1, -0.05) is 5.21 Å². The van der Waals surface area contributed by atoms with Crippen LogP contribution in [0, 0.1) is 0 Å². The highest BCUT2D eigenvalue weighted by molar-refractivity contribution is 5.75. The Morgan fingerprint density at radius 3 is 2.82 bits per heavy atom. The summed E-state index contributed by atoms with van der Waals surface area (Å²) in [6.45, 7) is 0.570. The molecule has 0 saturated heterocycles. The van der Waals surface area contributed by atoms with E-state index in [0.29, 0.717) is 12.4 Å². The van der Waals surface area contributed by atoms with Crippen molar-refractivity contribution in [2.45, 2.75) is 13.1 Å². The Kier molecular flexibility index (Phi) is 3.29. The molecule has 0 aliphatic rings. The standard InChI is InChI=1S/C10H12N6O/c11-9-6-16(15-14-9)7-10(17)13-5-8-1-3-12-4-2-8/h1-4,6H,5,7,11H2,(H,13,17). The molecule has 0 saturated carbocycles. The van der Waals surface area contributed by atoms with E-state index in [1.54, 1.807) is 12.4 Å². The summed E-state index contributed by atoms with van der Waals surface area (Å²) in [6, 6.07) is 3.68. The maximum Gasteiger partial charge on any atom is 0.242 e. The summed E-state index contributed by atoms with van der Waals surface area (Å²) in [7, 11) is 0. The smallest absolute Gasteiger partial charge is 0.242 e. The molecule has 0 aliphatic heterocycles. The van der Waals surface area contributed by atoms with Gasteiger partial charge < -0.3 is 11.1 Å². The van der Waals surface area contributed by atoms with E-state index in [9.17, 15) is 4.79 Å². The first-order valence-electron chi connectivity index (χ1n) is 5.05. The molecule has 0 spiro atoms. The molecule has 0 aliphatic carbocycles. The Balaban J connectivity index is 1.82. The zero-order chi connectivity index (χ0) is 12.1. The first-order valence-corrected chi connectivity index (χ1v) is 5.05. The highest BCUT2D eigenvalue weighted by atomic mass is 16.2. The Hall–Kier alpha value is -2.44. The van der Waals surface area contributed by atoms with Crippen LogP contribution < -0.4 is 11.1 Å². The number of rotatable bonds is 4. The second kappa shape index (κ2) is 5.06. The van der Waals surface area contributed by atoms with Gasteiger partial charge in [0.2, 0.25) is 5.91 Å². The molecule has 0 radical (unpaired) electrons. The van der Waals surface area contributed by atoms with Gasteiger partial charge in [-0.15, -0.1) is 5.10 Å². The highest BCUT2D eigenvalue weighted by Crippen LogP contribution is 1.96. The van der Waals surface area contributed by atoms with Crippen LogP contribution in [0.5, 0.6) is 0 Å². The van der Waals surface area contributed by atoms with Crippen LogP contribution in [0.2, 0.25) is 0 Å². The van der Waals surface area contributed by atoms with Gasteiger partial charge in [-0.25, -0.2) is 4.68 Å². The number of pyridine rings is 1. The number of anilines is 1. The number of aromatic nitrogens is 4. The number of carbonyl (C=O) groups excluding carboxylic acids is 1. The molecule has 3 N–H and O–H groups in total. The van der Waals surface area contributed by atoms with Crippen LogP contribution in [0.1, 0.15) is 5.56 Å². The number of nitrogens with zero attached hydrogens (tertiary/aromatic N) is 4. The van der Waals surface area contributed by atoms with Crippen molar-refractivity contribution in [1.82, 2.24) is 25.3 Å². The summed E-state index contributed by atoms with van der Waals surface area (Å²) >= 11 is 0. The van der Waals surface area contributed by atoms with Gasteiger partial charge in [-0.3, -0.25) is 9.78 Å². The Bertz CT molecular complexity index is 495. The third kappa shape index (κ3) is 3.26. The van der Waals surface area contributed by atoms with E-state index < -0.39 is 0 Å². The molecule has 0 fully saturated rings. The number of nitrogens with two attached hydrogens (primary N) is 1. The minimum atomic E-state index is -0.147. The fraction of sp³-hybridized carbons (Fsp3) is 0.200. The molecule has 7 nitrogen and oxygen atoms in total. The Labute approximate surface area is 97.6 Å². The molecule has 0 atom stereocenters. The number of carbonyl (C=O) groups is 1. The van der Waals surface area contributed by atoms with Gasteiger partial charge in [0.25, 0.3) is 0 Å². The van der Waals surface area contributed by atoms with Crippen LogP contribution in [0.3, 0.4) is 0 Å². The van der Waals surface area contributed by atoms with Crippen LogP contribution in [0.4, 0.5) is 5.82 Å². The van der Waals surface area contributed by atoms with E-state index >= 15 is 0 Å².